The monoisotopic (exact) mass is 394 g/mol. The number of aryl methyl sites for hydroxylation is 1. The van der Waals surface area contributed by atoms with Crippen molar-refractivity contribution in [2.24, 2.45) is 5.92 Å². The fourth-order valence-electron chi connectivity index (χ4n) is 4.20. The van der Waals surface area contributed by atoms with Crippen LogP contribution in [-0.4, -0.2) is 16.3 Å². The molecule has 1 aromatic carbocycles. The van der Waals surface area contributed by atoms with Crippen molar-refractivity contribution in [1.82, 2.24) is 4.57 Å². The second-order valence-corrected chi connectivity index (χ2v) is 8.78. The lowest BCUT2D eigenvalue weighted by atomic mass is 9.85. The van der Waals surface area contributed by atoms with Gasteiger partial charge in [-0.15, -0.1) is 11.3 Å². The Labute approximate surface area is 169 Å². The van der Waals surface area contributed by atoms with Gasteiger partial charge in [0.1, 0.15) is 6.54 Å². The van der Waals surface area contributed by atoms with E-state index in [9.17, 15) is 9.59 Å². The minimum atomic E-state index is -0.110. The zero-order chi connectivity index (χ0) is 19.5. The van der Waals surface area contributed by atoms with E-state index in [0.717, 1.165) is 34.3 Å². The van der Waals surface area contributed by atoms with Gasteiger partial charge in [-0.3, -0.25) is 9.59 Å². The van der Waals surface area contributed by atoms with Gasteiger partial charge in [0.05, 0.1) is 15.9 Å². The van der Waals surface area contributed by atoms with Crippen LogP contribution >= 0.6 is 11.3 Å². The molecule has 5 heteroatoms. The number of hydrogen-bond acceptors (Lipinski definition) is 3. The summed E-state index contributed by atoms with van der Waals surface area (Å²) in [6.45, 7) is 2.15. The third-order valence-electron chi connectivity index (χ3n) is 5.61. The molecule has 1 fully saturated rings. The van der Waals surface area contributed by atoms with E-state index in [1.807, 2.05) is 53.3 Å². The highest BCUT2D eigenvalue weighted by molar-refractivity contribution is 7.17. The van der Waals surface area contributed by atoms with Gasteiger partial charge in [0, 0.05) is 12.1 Å². The molecule has 1 saturated carbocycles. The molecule has 0 saturated heterocycles. The third-order valence-corrected chi connectivity index (χ3v) is 6.46. The molecule has 1 N–H and O–H groups in total. The molecule has 0 spiro atoms. The predicted molar refractivity (Wildman–Crippen MR) is 115 cm³/mol. The summed E-state index contributed by atoms with van der Waals surface area (Å²) >= 11 is 1.61. The topological polar surface area (TPSA) is 51.1 Å². The standard InChI is InChI=1S/C23H26N2O2S/c1-16-6-5-9-18(12-16)24-23(27)15-25-19-10-11-28-22(19)14-20(25)21(26)13-17-7-3-2-4-8-17/h5-6,9-12,14,17H,2-4,7-8,13,15H2,1H3,(H,24,27). The van der Waals surface area contributed by atoms with Crippen LogP contribution in [0.4, 0.5) is 5.69 Å². The fourth-order valence-corrected chi connectivity index (χ4v) is 5.03. The Morgan fingerprint density at radius 3 is 2.75 bits per heavy atom. The Hall–Kier alpha value is -2.40. The van der Waals surface area contributed by atoms with Gasteiger partial charge < -0.3 is 9.88 Å². The van der Waals surface area contributed by atoms with Crippen LogP contribution in [0.1, 0.15) is 54.6 Å². The molecule has 0 aliphatic heterocycles. The quantitative estimate of drug-likeness (QED) is 0.537. The largest absolute Gasteiger partial charge is 0.328 e. The molecule has 4 rings (SSSR count). The van der Waals surface area contributed by atoms with Gasteiger partial charge in [0.2, 0.25) is 5.91 Å². The minimum Gasteiger partial charge on any atom is -0.328 e. The van der Waals surface area contributed by atoms with E-state index in [0.29, 0.717) is 18.0 Å². The van der Waals surface area contributed by atoms with Crippen molar-refractivity contribution in [2.45, 2.75) is 52.0 Å². The fraction of sp³-hybridized carbons (Fsp3) is 0.391. The lowest BCUT2D eigenvalue weighted by Crippen LogP contribution is -2.22. The average molecular weight is 395 g/mol. The summed E-state index contributed by atoms with van der Waals surface area (Å²) in [7, 11) is 0. The van der Waals surface area contributed by atoms with Crippen molar-refractivity contribution in [3.8, 4) is 0 Å². The summed E-state index contributed by atoms with van der Waals surface area (Å²) in [4.78, 5) is 25.7. The first-order valence-corrected chi connectivity index (χ1v) is 10.9. The molecule has 4 nitrogen and oxygen atoms in total. The molecule has 1 aliphatic rings. The van der Waals surface area contributed by atoms with Gasteiger partial charge in [0.15, 0.2) is 5.78 Å². The molecular weight excluding hydrogens is 368 g/mol. The van der Waals surface area contributed by atoms with Crippen LogP contribution < -0.4 is 5.32 Å². The second-order valence-electron chi connectivity index (χ2n) is 7.83. The molecule has 2 aromatic heterocycles. The molecular formula is C23H26N2O2S. The van der Waals surface area contributed by atoms with E-state index in [2.05, 4.69) is 5.32 Å². The van der Waals surface area contributed by atoms with Gasteiger partial charge in [-0.1, -0.05) is 44.2 Å². The summed E-state index contributed by atoms with van der Waals surface area (Å²) in [5, 5.41) is 4.97. The van der Waals surface area contributed by atoms with E-state index >= 15 is 0 Å². The Balaban J connectivity index is 1.53. The first kappa shape index (κ1) is 18.9. The molecule has 28 heavy (non-hydrogen) atoms. The number of nitrogens with zero attached hydrogens (tertiary/aromatic N) is 1. The van der Waals surface area contributed by atoms with E-state index < -0.39 is 0 Å². The smallest absolute Gasteiger partial charge is 0.244 e. The molecule has 0 bridgehead atoms. The van der Waals surface area contributed by atoms with Crippen molar-refractivity contribution >= 4 is 38.9 Å². The molecule has 0 radical (unpaired) electrons. The number of Topliss-reactive ketones (excluding diaryl/α,β-unsaturated/α-hetero) is 1. The first-order chi connectivity index (χ1) is 13.6. The number of carbonyl (C=O) groups excluding carboxylic acids is 2. The summed E-state index contributed by atoms with van der Waals surface area (Å²) in [5.41, 5.74) is 3.53. The number of aromatic nitrogens is 1. The van der Waals surface area contributed by atoms with Crippen LogP contribution in [0, 0.1) is 12.8 Å². The van der Waals surface area contributed by atoms with Crippen molar-refractivity contribution < 1.29 is 9.59 Å². The highest BCUT2D eigenvalue weighted by atomic mass is 32.1. The Kier molecular flexibility index (Phi) is 5.62. The molecule has 0 unspecified atom stereocenters. The first-order valence-electron chi connectivity index (χ1n) is 10.1. The number of nitrogens with one attached hydrogen (secondary N) is 1. The lowest BCUT2D eigenvalue weighted by molar-refractivity contribution is -0.116. The zero-order valence-electron chi connectivity index (χ0n) is 16.2. The van der Waals surface area contributed by atoms with Crippen LogP contribution in [-0.2, 0) is 11.3 Å². The molecule has 1 amide bonds. The number of hydrogen-bond donors (Lipinski definition) is 1. The maximum atomic E-state index is 13.0. The van der Waals surface area contributed by atoms with Gasteiger partial charge in [-0.2, -0.15) is 0 Å². The molecule has 1 aliphatic carbocycles. The SMILES string of the molecule is Cc1cccc(NC(=O)Cn2c(C(=O)CC3CCCCC3)cc3sccc32)c1. The Morgan fingerprint density at radius 1 is 1.14 bits per heavy atom. The summed E-state index contributed by atoms with van der Waals surface area (Å²) in [6, 6.07) is 11.7. The lowest BCUT2D eigenvalue weighted by Gasteiger charge is -2.21. The Morgan fingerprint density at radius 2 is 1.96 bits per heavy atom. The predicted octanol–water partition coefficient (Wildman–Crippen LogP) is 5.80. The number of benzene rings is 1. The number of carbonyl (C=O) groups is 2. The number of thiophene rings is 1. The molecule has 3 aromatic rings. The average Bonchev–Trinajstić information content (AvgIpc) is 3.25. The van der Waals surface area contributed by atoms with Crippen LogP contribution in [0.3, 0.4) is 0 Å². The van der Waals surface area contributed by atoms with E-state index in [1.54, 1.807) is 11.3 Å². The summed E-state index contributed by atoms with van der Waals surface area (Å²) in [6.07, 6.45) is 6.63. The van der Waals surface area contributed by atoms with Crippen LogP contribution in [0.15, 0.2) is 41.8 Å². The molecule has 2 heterocycles. The molecule has 0 atom stereocenters. The van der Waals surface area contributed by atoms with Crippen molar-refractivity contribution in [1.29, 1.82) is 0 Å². The highest BCUT2D eigenvalue weighted by Crippen LogP contribution is 2.30. The number of ketones is 1. The Bertz CT molecular complexity index is 995. The number of amides is 1. The molecule has 146 valence electrons. The highest BCUT2D eigenvalue weighted by Gasteiger charge is 2.22. The van der Waals surface area contributed by atoms with Crippen LogP contribution in [0.2, 0.25) is 0 Å². The second kappa shape index (κ2) is 8.31. The van der Waals surface area contributed by atoms with Crippen molar-refractivity contribution in [3.63, 3.8) is 0 Å². The number of fused-ring (bicyclic) bond motifs is 1. The third kappa shape index (κ3) is 4.20. The van der Waals surface area contributed by atoms with Gasteiger partial charge in [0.25, 0.3) is 0 Å². The maximum absolute atomic E-state index is 13.0. The maximum Gasteiger partial charge on any atom is 0.244 e. The summed E-state index contributed by atoms with van der Waals surface area (Å²) in [5.74, 6) is 0.545. The van der Waals surface area contributed by atoms with E-state index in [4.69, 9.17) is 0 Å². The van der Waals surface area contributed by atoms with E-state index in [-0.39, 0.29) is 18.2 Å². The van der Waals surface area contributed by atoms with Gasteiger partial charge in [-0.05, 0) is 48.1 Å². The minimum absolute atomic E-state index is 0.110. The number of anilines is 1. The van der Waals surface area contributed by atoms with Gasteiger partial charge in [-0.25, -0.2) is 0 Å². The van der Waals surface area contributed by atoms with E-state index in [1.165, 1.54) is 19.3 Å². The van der Waals surface area contributed by atoms with Crippen LogP contribution in [0.25, 0.3) is 10.2 Å². The van der Waals surface area contributed by atoms with Crippen molar-refractivity contribution in [3.05, 3.63) is 53.0 Å². The van der Waals surface area contributed by atoms with Crippen LogP contribution in [0.5, 0.6) is 0 Å². The van der Waals surface area contributed by atoms with Crippen molar-refractivity contribution in [2.75, 3.05) is 5.32 Å². The van der Waals surface area contributed by atoms with Gasteiger partial charge >= 0.3 is 0 Å². The zero-order valence-corrected chi connectivity index (χ0v) is 17.1. The normalized spacial score (nSPS) is 15.0. The summed E-state index contributed by atoms with van der Waals surface area (Å²) < 4.78 is 2.96. The number of rotatable bonds is 6.